The highest BCUT2D eigenvalue weighted by molar-refractivity contribution is 5.80. The molecule has 80 valence electrons. The number of amides is 1. The Morgan fingerprint density at radius 2 is 2.20 bits per heavy atom. The lowest BCUT2D eigenvalue weighted by molar-refractivity contribution is -0.127. The van der Waals surface area contributed by atoms with Crippen LogP contribution in [0, 0.1) is 0 Å². The van der Waals surface area contributed by atoms with Crippen LogP contribution in [-0.4, -0.2) is 23.4 Å². The Kier molecular flexibility index (Phi) is 2.60. The van der Waals surface area contributed by atoms with Crippen molar-refractivity contribution in [2.45, 2.75) is 19.0 Å². The lowest BCUT2D eigenvalue weighted by Crippen LogP contribution is -2.54. The highest BCUT2D eigenvalue weighted by Crippen LogP contribution is 2.22. The van der Waals surface area contributed by atoms with Gasteiger partial charge in [0, 0.05) is 18.8 Å². The van der Waals surface area contributed by atoms with Crippen LogP contribution in [0.5, 0.6) is 0 Å². The lowest BCUT2D eigenvalue weighted by Gasteiger charge is -2.38. The molecule has 1 atom stereocenters. The number of hydrogen-bond acceptors (Lipinski definition) is 3. The minimum absolute atomic E-state index is 0.107. The van der Waals surface area contributed by atoms with Gasteiger partial charge in [-0.2, -0.15) is 0 Å². The van der Waals surface area contributed by atoms with Crippen molar-refractivity contribution in [1.82, 2.24) is 4.90 Å². The summed E-state index contributed by atoms with van der Waals surface area (Å²) in [5.74, 6) is -0.240. The molecule has 0 aliphatic carbocycles. The number of nitrogens with zero attached hydrogens (tertiary/aromatic N) is 1. The zero-order valence-electron chi connectivity index (χ0n) is 8.52. The summed E-state index contributed by atoms with van der Waals surface area (Å²) >= 11 is 0. The molecule has 1 aliphatic rings. The van der Waals surface area contributed by atoms with Crippen LogP contribution in [0.25, 0.3) is 0 Å². The van der Waals surface area contributed by atoms with Crippen molar-refractivity contribution in [3.8, 4) is 0 Å². The number of carbonyl (C=O) groups excluding carboxylic acids is 1. The molecule has 0 spiro atoms. The Morgan fingerprint density at radius 3 is 2.73 bits per heavy atom. The normalized spacial score (nSPS) is 20.9. The molecule has 4 heteroatoms. The van der Waals surface area contributed by atoms with Crippen LogP contribution in [-0.2, 0) is 11.3 Å². The molecule has 1 amide bonds. The van der Waals surface area contributed by atoms with E-state index in [0.29, 0.717) is 6.54 Å². The summed E-state index contributed by atoms with van der Waals surface area (Å²) in [5, 5.41) is 0. The number of benzene rings is 1. The first-order valence-corrected chi connectivity index (χ1v) is 5.05. The second-order valence-corrected chi connectivity index (χ2v) is 3.88. The molecule has 0 saturated carbocycles. The molecule has 4 nitrogen and oxygen atoms in total. The van der Waals surface area contributed by atoms with Gasteiger partial charge in [-0.05, 0) is 18.1 Å². The van der Waals surface area contributed by atoms with Gasteiger partial charge in [0.1, 0.15) is 0 Å². The van der Waals surface area contributed by atoms with Gasteiger partial charge in [0.25, 0.3) is 0 Å². The van der Waals surface area contributed by atoms with Gasteiger partial charge >= 0.3 is 0 Å². The number of carbonyl (C=O) groups is 1. The van der Waals surface area contributed by atoms with E-state index in [1.165, 1.54) is 0 Å². The van der Waals surface area contributed by atoms with Crippen LogP contribution in [0.2, 0.25) is 0 Å². The van der Waals surface area contributed by atoms with Gasteiger partial charge in [0.05, 0.1) is 6.04 Å². The summed E-state index contributed by atoms with van der Waals surface area (Å²) in [6.45, 7) is 1.63. The number of para-hydroxylation sites is 1. The second-order valence-electron chi connectivity index (χ2n) is 3.88. The highest BCUT2D eigenvalue weighted by Gasteiger charge is 2.32. The van der Waals surface area contributed by atoms with Crippen LogP contribution < -0.4 is 11.5 Å². The minimum Gasteiger partial charge on any atom is -0.398 e. The Morgan fingerprint density at radius 1 is 1.47 bits per heavy atom. The van der Waals surface area contributed by atoms with Crippen molar-refractivity contribution in [2.75, 3.05) is 12.3 Å². The van der Waals surface area contributed by atoms with Gasteiger partial charge in [-0.1, -0.05) is 18.2 Å². The zero-order chi connectivity index (χ0) is 10.8. The van der Waals surface area contributed by atoms with Gasteiger partial charge in [-0.3, -0.25) is 9.69 Å². The van der Waals surface area contributed by atoms with Gasteiger partial charge in [0.2, 0.25) is 5.91 Å². The predicted molar refractivity (Wildman–Crippen MR) is 58.9 cm³/mol. The molecule has 1 aromatic rings. The number of nitrogens with two attached hydrogens (primary N) is 2. The van der Waals surface area contributed by atoms with Crippen LogP contribution in [0.15, 0.2) is 24.3 Å². The van der Waals surface area contributed by atoms with Gasteiger partial charge < -0.3 is 11.5 Å². The Balaban J connectivity index is 2.04. The molecule has 4 N–H and O–H groups in total. The van der Waals surface area contributed by atoms with E-state index in [-0.39, 0.29) is 11.9 Å². The fourth-order valence-corrected chi connectivity index (χ4v) is 1.85. The molecule has 15 heavy (non-hydrogen) atoms. The zero-order valence-corrected chi connectivity index (χ0v) is 8.52. The van der Waals surface area contributed by atoms with Crippen LogP contribution in [0.3, 0.4) is 0 Å². The summed E-state index contributed by atoms with van der Waals surface area (Å²) < 4.78 is 0. The van der Waals surface area contributed by atoms with E-state index in [1.807, 2.05) is 29.2 Å². The quantitative estimate of drug-likeness (QED) is 0.698. The number of anilines is 1. The summed E-state index contributed by atoms with van der Waals surface area (Å²) in [7, 11) is 0. The molecule has 0 radical (unpaired) electrons. The Bertz CT molecular complexity index is 378. The average Bonchev–Trinajstić information content (AvgIpc) is 2.13. The van der Waals surface area contributed by atoms with Crippen molar-refractivity contribution in [3.05, 3.63) is 29.8 Å². The maximum Gasteiger partial charge on any atom is 0.234 e. The monoisotopic (exact) mass is 205 g/mol. The third kappa shape index (κ3) is 1.94. The van der Waals surface area contributed by atoms with Gasteiger partial charge in [-0.25, -0.2) is 0 Å². The average molecular weight is 205 g/mol. The SMILES string of the molecule is NC(=O)C1CCN1Cc1ccccc1N. The first-order valence-electron chi connectivity index (χ1n) is 5.05. The summed E-state index contributed by atoms with van der Waals surface area (Å²) in [5.41, 5.74) is 12.9. The van der Waals surface area contributed by atoms with Gasteiger partial charge in [-0.15, -0.1) is 0 Å². The number of nitrogen functional groups attached to an aromatic ring is 1. The molecule has 1 heterocycles. The number of likely N-dealkylation sites (tertiary alicyclic amines) is 1. The van der Waals surface area contributed by atoms with E-state index in [9.17, 15) is 4.79 Å². The molecule has 0 bridgehead atoms. The third-order valence-electron chi connectivity index (χ3n) is 2.89. The number of hydrogen-bond donors (Lipinski definition) is 2. The smallest absolute Gasteiger partial charge is 0.234 e. The largest absolute Gasteiger partial charge is 0.398 e. The van der Waals surface area contributed by atoms with E-state index in [2.05, 4.69) is 0 Å². The lowest BCUT2D eigenvalue weighted by atomic mass is 10.0. The minimum atomic E-state index is -0.240. The van der Waals surface area contributed by atoms with Gasteiger partial charge in [0.15, 0.2) is 0 Å². The third-order valence-corrected chi connectivity index (χ3v) is 2.89. The fourth-order valence-electron chi connectivity index (χ4n) is 1.85. The van der Waals surface area contributed by atoms with Crippen molar-refractivity contribution < 1.29 is 4.79 Å². The van der Waals surface area contributed by atoms with Crippen LogP contribution in [0.1, 0.15) is 12.0 Å². The van der Waals surface area contributed by atoms with Crippen molar-refractivity contribution in [2.24, 2.45) is 5.73 Å². The van der Waals surface area contributed by atoms with E-state index in [4.69, 9.17) is 11.5 Å². The number of primary amides is 1. The molecule has 1 fully saturated rings. The molecule has 2 rings (SSSR count). The summed E-state index contributed by atoms with van der Waals surface area (Å²) in [6.07, 6.45) is 0.863. The van der Waals surface area contributed by atoms with E-state index in [1.54, 1.807) is 0 Å². The highest BCUT2D eigenvalue weighted by atomic mass is 16.1. The Labute approximate surface area is 88.9 Å². The maximum atomic E-state index is 11.0. The molecule has 1 saturated heterocycles. The van der Waals surface area contributed by atoms with Crippen molar-refractivity contribution in [3.63, 3.8) is 0 Å². The Hall–Kier alpha value is -1.55. The van der Waals surface area contributed by atoms with E-state index in [0.717, 1.165) is 24.2 Å². The first-order chi connectivity index (χ1) is 7.18. The van der Waals surface area contributed by atoms with Crippen LogP contribution >= 0.6 is 0 Å². The second kappa shape index (κ2) is 3.90. The molecule has 1 aliphatic heterocycles. The summed E-state index contributed by atoms with van der Waals surface area (Å²) in [4.78, 5) is 13.1. The maximum absolute atomic E-state index is 11.0. The molecular weight excluding hydrogens is 190 g/mol. The van der Waals surface area contributed by atoms with Crippen molar-refractivity contribution >= 4 is 11.6 Å². The number of rotatable bonds is 3. The van der Waals surface area contributed by atoms with Crippen molar-refractivity contribution in [1.29, 1.82) is 0 Å². The standard InChI is InChI=1S/C11H15N3O/c12-9-4-2-1-3-8(9)7-14-6-5-10(14)11(13)15/h1-4,10H,5-7,12H2,(H2,13,15). The first kappa shape index (κ1) is 9.98. The van der Waals surface area contributed by atoms with E-state index < -0.39 is 0 Å². The predicted octanol–water partition coefficient (Wildman–Crippen LogP) is 0.328. The molecule has 1 unspecified atom stereocenters. The molecule has 1 aromatic carbocycles. The van der Waals surface area contributed by atoms with Crippen LogP contribution in [0.4, 0.5) is 5.69 Å². The molecule has 0 aromatic heterocycles. The summed E-state index contributed by atoms with van der Waals surface area (Å²) in [6, 6.07) is 7.59. The topological polar surface area (TPSA) is 72.4 Å². The fraction of sp³-hybridized carbons (Fsp3) is 0.364. The van der Waals surface area contributed by atoms with E-state index >= 15 is 0 Å². The molecular formula is C11H15N3O.